The van der Waals surface area contributed by atoms with Gasteiger partial charge in [-0.15, -0.1) is 0 Å². The molecule has 7 nitrogen and oxygen atoms in total. The van der Waals surface area contributed by atoms with E-state index in [1.807, 2.05) is 13.1 Å². The maximum atomic E-state index is 5.63. The molecule has 0 radical (unpaired) electrons. The number of hydrogen-bond acceptors (Lipinski definition) is 9. The van der Waals surface area contributed by atoms with E-state index in [0.717, 1.165) is 39.7 Å². The van der Waals surface area contributed by atoms with E-state index in [2.05, 4.69) is 54.0 Å². The summed E-state index contributed by atoms with van der Waals surface area (Å²) in [5.74, 6) is 0.619. The number of nitrogens with two attached hydrogens (primary N) is 2. The number of anilines is 2. The molecule has 4 rings (SSSR count). The minimum atomic E-state index is 0.300. The van der Waals surface area contributed by atoms with E-state index in [1.165, 1.54) is 34.2 Å². The first kappa shape index (κ1) is 17.5. The summed E-state index contributed by atoms with van der Waals surface area (Å²) in [7, 11) is 0. The Labute approximate surface area is 164 Å². The van der Waals surface area contributed by atoms with Gasteiger partial charge in [-0.2, -0.15) is 18.7 Å². The average molecular weight is 396 g/mol. The highest BCUT2D eigenvalue weighted by Gasteiger charge is 2.09. The molecule has 3 aromatic heterocycles. The minimum absolute atomic E-state index is 0.300. The molecule has 27 heavy (non-hydrogen) atoms. The van der Waals surface area contributed by atoms with E-state index >= 15 is 0 Å². The summed E-state index contributed by atoms with van der Waals surface area (Å²) < 4.78 is 8.06. The summed E-state index contributed by atoms with van der Waals surface area (Å²) in [4.78, 5) is 13.0. The van der Waals surface area contributed by atoms with Crippen molar-refractivity contribution in [3.63, 3.8) is 0 Å². The molecule has 136 valence electrons. The average Bonchev–Trinajstić information content (AvgIpc) is 3.30. The van der Waals surface area contributed by atoms with Crippen LogP contribution in [0.1, 0.15) is 16.8 Å². The molecule has 0 spiro atoms. The van der Waals surface area contributed by atoms with Crippen molar-refractivity contribution in [3.8, 4) is 21.1 Å². The van der Waals surface area contributed by atoms with E-state index in [-0.39, 0.29) is 0 Å². The van der Waals surface area contributed by atoms with Gasteiger partial charge in [0.1, 0.15) is 10.0 Å². The molecule has 0 saturated carbocycles. The summed E-state index contributed by atoms with van der Waals surface area (Å²) in [6.45, 7) is 2.02. The monoisotopic (exact) mass is 395 g/mol. The molecule has 3 heterocycles. The van der Waals surface area contributed by atoms with E-state index < -0.39 is 0 Å². The van der Waals surface area contributed by atoms with Crippen molar-refractivity contribution < 1.29 is 0 Å². The summed E-state index contributed by atoms with van der Waals surface area (Å²) in [6.07, 6.45) is 3.64. The van der Waals surface area contributed by atoms with Gasteiger partial charge in [-0.3, -0.25) is 4.98 Å². The molecule has 0 aliphatic carbocycles. The molecular formula is C18H17N7S2. The fourth-order valence-electron chi connectivity index (χ4n) is 2.75. The van der Waals surface area contributed by atoms with Gasteiger partial charge in [-0.05, 0) is 60.0 Å². The van der Waals surface area contributed by atoms with Crippen molar-refractivity contribution in [2.45, 2.75) is 19.8 Å². The van der Waals surface area contributed by atoms with E-state index in [9.17, 15) is 0 Å². The maximum Gasteiger partial charge on any atom is 0.232 e. The zero-order valence-corrected chi connectivity index (χ0v) is 16.2. The smallest absolute Gasteiger partial charge is 0.232 e. The topological polar surface area (TPSA) is 116 Å². The molecule has 0 atom stereocenters. The normalized spacial score (nSPS) is 11.0. The zero-order chi connectivity index (χ0) is 18.8. The Morgan fingerprint density at radius 2 is 1.48 bits per heavy atom. The van der Waals surface area contributed by atoms with Gasteiger partial charge in [0.05, 0.1) is 0 Å². The van der Waals surface area contributed by atoms with Crippen LogP contribution in [-0.4, -0.2) is 23.7 Å². The third-order valence-electron chi connectivity index (χ3n) is 4.21. The highest BCUT2D eigenvalue weighted by Crippen LogP contribution is 2.25. The molecule has 0 aliphatic rings. The van der Waals surface area contributed by atoms with Crippen LogP contribution < -0.4 is 11.5 Å². The SMILES string of the molecule is Cc1ncc(-c2nc(N)ns2)cc1CCc1ccc(-c2nc(N)ns2)cc1. The Hall–Kier alpha value is -2.91. The summed E-state index contributed by atoms with van der Waals surface area (Å²) in [5, 5.41) is 1.63. The first-order valence-electron chi connectivity index (χ1n) is 8.32. The van der Waals surface area contributed by atoms with Crippen molar-refractivity contribution in [3.05, 3.63) is 53.3 Å². The maximum absolute atomic E-state index is 5.63. The first-order chi connectivity index (χ1) is 13.1. The Morgan fingerprint density at radius 1 is 0.852 bits per heavy atom. The highest BCUT2D eigenvalue weighted by atomic mass is 32.1. The van der Waals surface area contributed by atoms with Crippen molar-refractivity contribution in [2.75, 3.05) is 11.5 Å². The quantitative estimate of drug-likeness (QED) is 0.532. The Morgan fingerprint density at radius 3 is 2.07 bits per heavy atom. The Balaban J connectivity index is 1.48. The van der Waals surface area contributed by atoms with Crippen molar-refractivity contribution in [1.29, 1.82) is 0 Å². The molecule has 0 aliphatic heterocycles. The third-order valence-corrected chi connectivity index (χ3v) is 5.76. The molecule has 9 heteroatoms. The van der Waals surface area contributed by atoms with Crippen LogP contribution in [0.2, 0.25) is 0 Å². The van der Waals surface area contributed by atoms with Gasteiger partial charge >= 0.3 is 0 Å². The molecule has 0 fully saturated rings. The molecule has 4 aromatic rings. The third kappa shape index (κ3) is 3.93. The van der Waals surface area contributed by atoms with Gasteiger partial charge in [0, 0.05) is 23.0 Å². The largest absolute Gasteiger partial charge is 0.367 e. The van der Waals surface area contributed by atoms with Crippen molar-refractivity contribution in [1.82, 2.24) is 23.7 Å². The van der Waals surface area contributed by atoms with Gasteiger partial charge in [0.2, 0.25) is 11.9 Å². The molecule has 0 amide bonds. The fraction of sp³-hybridized carbons (Fsp3) is 0.167. The van der Waals surface area contributed by atoms with Crippen molar-refractivity contribution >= 4 is 35.0 Å². The number of rotatable bonds is 5. The number of nitrogens with zero attached hydrogens (tertiary/aromatic N) is 5. The molecule has 4 N–H and O–H groups in total. The molecule has 0 unspecified atom stereocenters. The van der Waals surface area contributed by atoms with Crippen LogP contribution in [0.4, 0.5) is 11.9 Å². The van der Waals surface area contributed by atoms with Crippen LogP contribution in [0.5, 0.6) is 0 Å². The van der Waals surface area contributed by atoms with E-state index in [1.54, 1.807) is 0 Å². The number of pyridine rings is 1. The molecular weight excluding hydrogens is 378 g/mol. The lowest BCUT2D eigenvalue weighted by atomic mass is 10.0. The summed E-state index contributed by atoms with van der Waals surface area (Å²) in [5.41, 5.74) is 16.7. The van der Waals surface area contributed by atoms with Crippen LogP contribution in [0.15, 0.2) is 36.5 Å². The summed E-state index contributed by atoms with van der Waals surface area (Å²) >= 11 is 2.60. The molecule has 0 bridgehead atoms. The van der Waals surface area contributed by atoms with Gasteiger partial charge < -0.3 is 11.5 Å². The number of nitrogen functional groups attached to an aromatic ring is 2. The van der Waals surface area contributed by atoms with Gasteiger partial charge in [-0.1, -0.05) is 24.3 Å². The second-order valence-electron chi connectivity index (χ2n) is 6.08. The minimum Gasteiger partial charge on any atom is -0.367 e. The highest BCUT2D eigenvalue weighted by molar-refractivity contribution is 7.09. The van der Waals surface area contributed by atoms with E-state index in [0.29, 0.717) is 11.9 Å². The van der Waals surface area contributed by atoms with E-state index in [4.69, 9.17) is 11.5 Å². The summed E-state index contributed by atoms with van der Waals surface area (Å²) in [6, 6.07) is 10.5. The fourth-order valence-corrected chi connectivity index (χ4v) is 3.91. The van der Waals surface area contributed by atoms with Gasteiger partial charge in [-0.25, -0.2) is 0 Å². The molecule has 0 saturated heterocycles. The standard InChI is InChI=1S/C18H17N7S2/c1-10-13(8-14(9-21-10)16-23-18(20)25-27-16)7-4-11-2-5-12(6-3-11)15-22-17(19)24-26-15/h2-3,5-6,8-9H,4,7H2,1H3,(H2,19,24)(H2,20,25). The lowest BCUT2D eigenvalue weighted by molar-refractivity contribution is 0.931. The number of benzene rings is 1. The number of aryl methyl sites for hydroxylation is 3. The number of aromatic nitrogens is 5. The van der Waals surface area contributed by atoms with Crippen LogP contribution in [0.25, 0.3) is 21.1 Å². The van der Waals surface area contributed by atoms with Crippen LogP contribution >= 0.6 is 23.1 Å². The lowest BCUT2D eigenvalue weighted by Gasteiger charge is -2.07. The second-order valence-corrected chi connectivity index (χ2v) is 7.58. The van der Waals surface area contributed by atoms with Crippen LogP contribution in [-0.2, 0) is 12.8 Å². The first-order valence-corrected chi connectivity index (χ1v) is 9.87. The predicted octanol–water partition coefficient (Wildman–Crippen LogP) is 3.38. The Bertz CT molecular complexity index is 1070. The van der Waals surface area contributed by atoms with Gasteiger partial charge in [0.25, 0.3) is 0 Å². The predicted molar refractivity (Wildman–Crippen MR) is 109 cm³/mol. The van der Waals surface area contributed by atoms with Crippen LogP contribution in [0.3, 0.4) is 0 Å². The van der Waals surface area contributed by atoms with Crippen molar-refractivity contribution in [2.24, 2.45) is 0 Å². The Kier molecular flexibility index (Phi) is 4.78. The zero-order valence-electron chi connectivity index (χ0n) is 14.6. The van der Waals surface area contributed by atoms with Crippen LogP contribution in [0, 0.1) is 6.92 Å². The number of hydrogen-bond donors (Lipinski definition) is 2. The lowest BCUT2D eigenvalue weighted by Crippen LogP contribution is -1.97. The van der Waals surface area contributed by atoms with Gasteiger partial charge in [0.15, 0.2) is 0 Å². The second kappa shape index (κ2) is 7.37. The molecule has 1 aromatic carbocycles.